The van der Waals surface area contributed by atoms with Gasteiger partial charge in [-0.1, -0.05) is 35.9 Å². The summed E-state index contributed by atoms with van der Waals surface area (Å²) in [6.07, 6.45) is 0.393. The molecule has 2 heterocycles. The first-order valence-corrected chi connectivity index (χ1v) is 7.50. The van der Waals surface area contributed by atoms with E-state index in [0.717, 1.165) is 11.3 Å². The van der Waals surface area contributed by atoms with E-state index in [9.17, 15) is 9.59 Å². The van der Waals surface area contributed by atoms with E-state index in [-0.39, 0.29) is 16.8 Å². The molecular formula is C17H12ClN3O2. The first-order chi connectivity index (χ1) is 11.1. The minimum absolute atomic E-state index is 0.237. The van der Waals surface area contributed by atoms with Crippen LogP contribution >= 0.6 is 11.6 Å². The number of fused-ring (bicyclic) bond motifs is 2. The van der Waals surface area contributed by atoms with Gasteiger partial charge in [0.2, 0.25) is 0 Å². The lowest BCUT2D eigenvalue weighted by Gasteiger charge is -2.21. The maximum absolute atomic E-state index is 12.8. The van der Waals surface area contributed by atoms with Crippen LogP contribution in [0.4, 0.5) is 11.4 Å². The van der Waals surface area contributed by atoms with E-state index in [1.807, 2.05) is 24.3 Å². The zero-order chi connectivity index (χ0) is 16.0. The van der Waals surface area contributed by atoms with Crippen molar-refractivity contribution in [2.75, 3.05) is 5.32 Å². The highest BCUT2D eigenvalue weighted by Gasteiger charge is 2.22. The van der Waals surface area contributed by atoms with Crippen LogP contribution in [0.2, 0.25) is 5.02 Å². The summed E-state index contributed by atoms with van der Waals surface area (Å²) in [5, 5.41) is 6.22. The second-order valence-corrected chi connectivity index (χ2v) is 5.81. The number of aromatic nitrogens is 2. The van der Waals surface area contributed by atoms with E-state index < -0.39 is 0 Å². The summed E-state index contributed by atoms with van der Waals surface area (Å²) in [6.45, 7) is 0. The Bertz CT molecular complexity index is 1020. The highest BCUT2D eigenvalue weighted by Crippen LogP contribution is 2.30. The van der Waals surface area contributed by atoms with Crippen LogP contribution in [0.3, 0.4) is 0 Å². The molecule has 4 rings (SSSR count). The van der Waals surface area contributed by atoms with Gasteiger partial charge in [-0.2, -0.15) is 0 Å². The molecule has 1 aliphatic heterocycles. The third-order valence-corrected chi connectivity index (χ3v) is 4.15. The summed E-state index contributed by atoms with van der Waals surface area (Å²) in [6, 6.07) is 14.4. The molecule has 3 aromatic rings. The van der Waals surface area contributed by atoms with Crippen LogP contribution in [0.15, 0.2) is 58.1 Å². The number of H-pyrrole nitrogens is 1. The van der Waals surface area contributed by atoms with Gasteiger partial charge in [-0.05, 0) is 29.8 Å². The van der Waals surface area contributed by atoms with E-state index in [1.165, 1.54) is 4.68 Å². The van der Waals surface area contributed by atoms with Gasteiger partial charge in [-0.25, -0.2) is 4.68 Å². The molecule has 0 spiro atoms. The van der Waals surface area contributed by atoms with Crippen molar-refractivity contribution >= 4 is 23.0 Å². The fraction of sp³-hybridized carbons (Fsp3) is 0.0588. The van der Waals surface area contributed by atoms with Crippen LogP contribution in [0.1, 0.15) is 11.1 Å². The molecule has 5 nitrogen and oxygen atoms in total. The SMILES string of the molecule is O=c1[nH]n(-c2ccccc2)c(=O)c2c1Nc1cc(Cl)ccc1C2. The summed E-state index contributed by atoms with van der Waals surface area (Å²) >= 11 is 5.99. The van der Waals surface area contributed by atoms with Crippen LogP contribution in [-0.4, -0.2) is 9.78 Å². The highest BCUT2D eigenvalue weighted by atomic mass is 35.5. The van der Waals surface area contributed by atoms with Crippen molar-refractivity contribution in [2.45, 2.75) is 6.42 Å². The van der Waals surface area contributed by atoms with Gasteiger partial charge in [0.25, 0.3) is 11.1 Å². The number of hydrogen-bond donors (Lipinski definition) is 2. The predicted molar refractivity (Wildman–Crippen MR) is 90.2 cm³/mol. The first kappa shape index (κ1) is 13.8. The number of anilines is 2. The lowest BCUT2D eigenvalue weighted by atomic mass is 9.99. The molecular weight excluding hydrogens is 314 g/mol. The summed E-state index contributed by atoms with van der Waals surface area (Å²) in [7, 11) is 0. The normalized spacial score (nSPS) is 12.2. The van der Waals surface area contributed by atoms with Crippen LogP contribution in [0.5, 0.6) is 0 Å². The van der Waals surface area contributed by atoms with Crippen molar-refractivity contribution in [3.63, 3.8) is 0 Å². The molecule has 0 amide bonds. The Morgan fingerprint density at radius 2 is 1.83 bits per heavy atom. The van der Waals surface area contributed by atoms with Crippen molar-refractivity contribution in [2.24, 2.45) is 0 Å². The lowest BCUT2D eigenvalue weighted by molar-refractivity contribution is 0.770. The molecule has 0 saturated carbocycles. The Labute approximate surface area is 136 Å². The number of rotatable bonds is 1. The van der Waals surface area contributed by atoms with Crippen LogP contribution in [0, 0.1) is 0 Å². The van der Waals surface area contributed by atoms with E-state index in [4.69, 9.17) is 11.6 Å². The van der Waals surface area contributed by atoms with Crippen molar-refractivity contribution in [1.29, 1.82) is 0 Å². The number of hydrogen-bond acceptors (Lipinski definition) is 3. The standard InChI is InChI=1S/C17H12ClN3O2/c18-11-7-6-10-8-13-15(19-14(10)9-11)16(22)20-21(17(13)23)12-4-2-1-3-5-12/h1-7,9,19H,8H2,(H,20,22). The van der Waals surface area contributed by atoms with Gasteiger partial charge in [0.15, 0.2) is 0 Å². The van der Waals surface area contributed by atoms with Gasteiger partial charge in [0.1, 0.15) is 5.69 Å². The van der Waals surface area contributed by atoms with Crippen molar-refractivity contribution < 1.29 is 0 Å². The molecule has 0 fully saturated rings. The Balaban J connectivity index is 1.92. The van der Waals surface area contributed by atoms with E-state index in [1.54, 1.807) is 24.3 Å². The number of aromatic amines is 1. The summed E-state index contributed by atoms with van der Waals surface area (Å²) in [5.74, 6) is 0. The Morgan fingerprint density at radius 1 is 1.04 bits per heavy atom. The highest BCUT2D eigenvalue weighted by molar-refractivity contribution is 6.30. The van der Waals surface area contributed by atoms with Crippen molar-refractivity contribution in [3.05, 3.63) is 85.4 Å². The van der Waals surface area contributed by atoms with Crippen LogP contribution in [0.25, 0.3) is 5.69 Å². The number of nitrogens with zero attached hydrogens (tertiary/aromatic N) is 1. The van der Waals surface area contributed by atoms with Crippen LogP contribution in [-0.2, 0) is 6.42 Å². The minimum atomic E-state index is -0.339. The van der Waals surface area contributed by atoms with Gasteiger partial charge < -0.3 is 5.32 Å². The molecule has 0 bridgehead atoms. The van der Waals surface area contributed by atoms with E-state index in [2.05, 4.69) is 10.4 Å². The van der Waals surface area contributed by atoms with Gasteiger partial charge in [-0.3, -0.25) is 14.7 Å². The monoisotopic (exact) mass is 325 g/mol. The van der Waals surface area contributed by atoms with Gasteiger partial charge in [-0.15, -0.1) is 0 Å². The molecule has 0 unspecified atom stereocenters. The Hall–Kier alpha value is -2.79. The zero-order valence-electron chi connectivity index (χ0n) is 12.0. The fourth-order valence-corrected chi connectivity index (χ4v) is 2.96. The molecule has 2 N–H and O–H groups in total. The average Bonchev–Trinajstić information content (AvgIpc) is 2.57. The van der Waals surface area contributed by atoms with Crippen molar-refractivity contribution in [1.82, 2.24) is 9.78 Å². The predicted octanol–water partition coefficient (Wildman–Crippen LogP) is 2.83. The van der Waals surface area contributed by atoms with Crippen LogP contribution < -0.4 is 16.4 Å². The Kier molecular flexibility index (Phi) is 3.09. The largest absolute Gasteiger partial charge is 0.350 e. The van der Waals surface area contributed by atoms with E-state index in [0.29, 0.717) is 22.7 Å². The summed E-state index contributed by atoms with van der Waals surface area (Å²) in [4.78, 5) is 25.2. The number of benzene rings is 2. The Morgan fingerprint density at radius 3 is 2.61 bits per heavy atom. The molecule has 2 aromatic carbocycles. The van der Waals surface area contributed by atoms with E-state index >= 15 is 0 Å². The molecule has 0 aliphatic carbocycles. The second-order valence-electron chi connectivity index (χ2n) is 5.37. The molecule has 1 aliphatic rings. The maximum atomic E-state index is 12.8. The van der Waals surface area contributed by atoms with Gasteiger partial charge >= 0.3 is 0 Å². The third kappa shape index (κ3) is 2.26. The summed E-state index contributed by atoms with van der Waals surface area (Å²) in [5.41, 5.74) is 2.48. The maximum Gasteiger partial charge on any atom is 0.287 e. The number of halogens is 1. The first-order valence-electron chi connectivity index (χ1n) is 7.12. The molecule has 1 aromatic heterocycles. The van der Waals surface area contributed by atoms with Gasteiger partial charge in [0.05, 0.1) is 11.3 Å². The molecule has 23 heavy (non-hydrogen) atoms. The number of nitrogens with one attached hydrogen (secondary N) is 2. The molecule has 0 saturated heterocycles. The quantitative estimate of drug-likeness (QED) is 0.565. The summed E-state index contributed by atoms with van der Waals surface area (Å²) < 4.78 is 1.28. The molecule has 0 atom stereocenters. The fourth-order valence-electron chi connectivity index (χ4n) is 2.79. The smallest absolute Gasteiger partial charge is 0.287 e. The lowest BCUT2D eigenvalue weighted by Crippen LogP contribution is -2.35. The average molecular weight is 326 g/mol. The molecule has 6 heteroatoms. The minimum Gasteiger partial charge on any atom is -0.350 e. The molecule has 114 valence electrons. The third-order valence-electron chi connectivity index (χ3n) is 3.92. The van der Waals surface area contributed by atoms with Gasteiger partial charge in [0, 0.05) is 17.1 Å². The second kappa shape index (κ2) is 5.14. The van der Waals surface area contributed by atoms with Crippen molar-refractivity contribution in [3.8, 4) is 5.69 Å². The number of para-hydroxylation sites is 1. The topological polar surface area (TPSA) is 66.9 Å². The molecule has 0 radical (unpaired) electrons. The zero-order valence-corrected chi connectivity index (χ0v) is 12.7.